The molecule has 3 aromatic heterocycles. The molecule has 6 nitrogen and oxygen atoms in total. The number of para-hydroxylation sites is 1. The number of hydrogen-bond acceptors (Lipinski definition) is 5. The Morgan fingerprint density at radius 2 is 1.93 bits per heavy atom. The van der Waals surface area contributed by atoms with E-state index >= 15 is 0 Å². The maximum atomic E-state index is 13.9. The first-order chi connectivity index (χ1) is 14.5. The molecule has 0 fully saturated rings. The molecule has 0 aliphatic rings. The van der Waals surface area contributed by atoms with E-state index in [0.29, 0.717) is 39.7 Å². The minimum Gasteiger partial charge on any atom is -0.508 e. The zero-order valence-electron chi connectivity index (χ0n) is 15.8. The largest absolute Gasteiger partial charge is 0.508 e. The Balaban J connectivity index is 1.69. The van der Waals surface area contributed by atoms with Crippen LogP contribution in [0.1, 0.15) is 11.3 Å². The summed E-state index contributed by atoms with van der Waals surface area (Å²) < 4.78 is 15.6. The van der Waals surface area contributed by atoms with Crippen LogP contribution in [-0.2, 0) is 6.54 Å². The predicted octanol–water partition coefficient (Wildman–Crippen LogP) is 4.90. The molecule has 0 saturated heterocycles. The molecular weight excluding hydrogens is 405 g/mol. The molecule has 5 rings (SSSR count). The number of phenols is 1. The van der Waals surface area contributed by atoms with Gasteiger partial charge >= 0.3 is 0 Å². The van der Waals surface area contributed by atoms with Crippen LogP contribution in [-0.4, -0.2) is 29.8 Å². The predicted molar refractivity (Wildman–Crippen MR) is 113 cm³/mol. The summed E-state index contributed by atoms with van der Waals surface area (Å²) in [4.78, 5) is 13.1. The Kier molecular flexibility index (Phi) is 4.33. The number of halogens is 2. The molecule has 0 saturated carbocycles. The van der Waals surface area contributed by atoms with Crippen LogP contribution in [0.3, 0.4) is 0 Å². The van der Waals surface area contributed by atoms with E-state index in [1.807, 2.05) is 37.3 Å². The molecule has 0 radical (unpaired) electrons. The molecule has 148 valence electrons. The van der Waals surface area contributed by atoms with Gasteiger partial charge in [0.05, 0.1) is 23.1 Å². The van der Waals surface area contributed by atoms with Crippen molar-refractivity contribution >= 4 is 33.5 Å². The van der Waals surface area contributed by atoms with Gasteiger partial charge in [0.2, 0.25) is 0 Å². The van der Waals surface area contributed by atoms with Gasteiger partial charge in [0, 0.05) is 22.6 Å². The summed E-state index contributed by atoms with van der Waals surface area (Å²) in [6.45, 7) is 2.16. The summed E-state index contributed by atoms with van der Waals surface area (Å²) in [5, 5.41) is 16.6. The van der Waals surface area contributed by atoms with E-state index in [9.17, 15) is 9.50 Å². The van der Waals surface area contributed by atoms with E-state index in [-0.39, 0.29) is 5.75 Å². The molecule has 2 aromatic carbocycles. The highest BCUT2D eigenvalue weighted by molar-refractivity contribution is 6.30. The quantitative estimate of drug-likeness (QED) is 0.421. The summed E-state index contributed by atoms with van der Waals surface area (Å²) in [6.07, 6.45) is 1.46. The van der Waals surface area contributed by atoms with Crippen LogP contribution in [0.2, 0.25) is 5.15 Å². The molecule has 30 heavy (non-hydrogen) atoms. The molecule has 8 heteroatoms. The Bertz CT molecular complexity index is 1410. The van der Waals surface area contributed by atoms with Crippen LogP contribution in [0.5, 0.6) is 5.75 Å². The number of phenolic OH excluding ortho intramolecular Hbond substituents is 1. The molecule has 0 spiro atoms. The summed E-state index contributed by atoms with van der Waals surface area (Å²) in [5.41, 5.74) is 3.81. The molecule has 0 bridgehead atoms. The SMILES string of the molecule is Cc1ncnc2c1c(-c1cc(O)cc(F)c1)nn2Cc1cc2ccccc2nc1Cl. The van der Waals surface area contributed by atoms with Crippen LogP contribution >= 0.6 is 11.6 Å². The number of fused-ring (bicyclic) bond motifs is 2. The van der Waals surface area contributed by atoms with Gasteiger partial charge in [-0.25, -0.2) is 24.0 Å². The van der Waals surface area contributed by atoms with Crippen molar-refractivity contribution in [2.75, 3.05) is 0 Å². The van der Waals surface area contributed by atoms with E-state index in [0.717, 1.165) is 22.5 Å². The van der Waals surface area contributed by atoms with Crippen LogP contribution in [0.15, 0.2) is 54.9 Å². The molecule has 0 unspecified atom stereocenters. The van der Waals surface area contributed by atoms with Crippen LogP contribution < -0.4 is 0 Å². The Morgan fingerprint density at radius 3 is 2.77 bits per heavy atom. The standard InChI is InChI=1S/C22H15ClFN5O/c1-12-19-20(14-7-16(24)9-17(30)8-14)28-29(22(19)26-11-25-12)10-15-6-13-4-2-3-5-18(13)27-21(15)23/h2-9,11,30H,10H2,1H3. The van der Waals surface area contributed by atoms with E-state index < -0.39 is 5.82 Å². The lowest BCUT2D eigenvalue weighted by Crippen LogP contribution is -2.04. The van der Waals surface area contributed by atoms with Crippen molar-refractivity contribution in [2.45, 2.75) is 13.5 Å². The van der Waals surface area contributed by atoms with E-state index in [4.69, 9.17) is 11.6 Å². The maximum absolute atomic E-state index is 13.9. The van der Waals surface area contributed by atoms with Gasteiger partial charge < -0.3 is 5.11 Å². The van der Waals surface area contributed by atoms with Crippen molar-refractivity contribution in [3.05, 3.63) is 77.1 Å². The molecule has 3 heterocycles. The van der Waals surface area contributed by atoms with Gasteiger partial charge in [-0.1, -0.05) is 29.8 Å². The van der Waals surface area contributed by atoms with E-state index in [2.05, 4.69) is 20.1 Å². The summed E-state index contributed by atoms with van der Waals surface area (Å²) in [7, 11) is 0. The zero-order valence-corrected chi connectivity index (χ0v) is 16.6. The van der Waals surface area contributed by atoms with Gasteiger partial charge in [-0.15, -0.1) is 0 Å². The minimum absolute atomic E-state index is 0.177. The Hall–Kier alpha value is -3.58. The van der Waals surface area contributed by atoms with Crippen LogP contribution in [0.25, 0.3) is 33.2 Å². The summed E-state index contributed by atoms with van der Waals surface area (Å²) >= 11 is 6.43. The first kappa shape index (κ1) is 18.4. The highest BCUT2D eigenvalue weighted by atomic mass is 35.5. The number of aromatic nitrogens is 5. The normalized spacial score (nSPS) is 11.4. The second-order valence-electron chi connectivity index (χ2n) is 6.99. The number of hydrogen-bond donors (Lipinski definition) is 1. The van der Waals surface area contributed by atoms with E-state index in [1.165, 1.54) is 18.5 Å². The third-order valence-corrected chi connectivity index (χ3v) is 5.27. The molecular formula is C22H15ClFN5O. The monoisotopic (exact) mass is 419 g/mol. The van der Waals surface area contributed by atoms with Crippen LogP contribution in [0.4, 0.5) is 4.39 Å². The number of pyridine rings is 1. The average Bonchev–Trinajstić information content (AvgIpc) is 3.08. The summed E-state index contributed by atoms with van der Waals surface area (Å²) in [5.74, 6) is -0.729. The molecule has 5 aromatic rings. The topological polar surface area (TPSA) is 76.7 Å². The number of aryl methyl sites for hydroxylation is 1. The third-order valence-electron chi connectivity index (χ3n) is 4.94. The van der Waals surface area contributed by atoms with Gasteiger partial charge in [-0.2, -0.15) is 5.10 Å². The van der Waals surface area contributed by atoms with Crippen molar-refractivity contribution in [2.24, 2.45) is 0 Å². The number of rotatable bonds is 3. The second kappa shape index (κ2) is 7.03. The average molecular weight is 420 g/mol. The third kappa shape index (κ3) is 3.13. The van der Waals surface area contributed by atoms with Gasteiger partial charge in [0.15, 0.2) is 5.65 Å². The lowest BCUT2D eigenvalue weighted by molar-refractivity contribution is 0.469. The number of benzene rings is 2. The molecule has 0 amide bonds. The fourth-order valence-electron chi connectivity index (χ4n) is 3.58. The van der Waals surface area contributed by atoms with Gasteiger partial charge in [0.1, 0.15) is 28.7 Å². The van der Waals surface area contributed by atoms with Crippen molar-refractivity contribution in [3.8, 4) is 17.0 Å². The number of aromatic hydroxyl groups is 1. The zero-order chi connectivity index (χ0) is 20.8. The lowest BCUT2D eigenvalue weighted by Gasteiger charge is -2.07. The molecule has 0 atom stereocenters. The Morgan fingerprint density at radius 1 is 1.10 bits per heavy atom. The second-order valence-corrected chi connectivity index (χ2v) is 7.35. The first-order valence-corrected chi connectivity index (χ1v) is 9.59. The molecule has 1 N–H and O–H groups in total. The van der Waals surface area contributed by atoms with Crippen molar-refractivity contribution < 1.29 is 9.50 Å². The lowest BCUT2D eigenvalue weighted by atomic mass is 10.1. The molecule has 0 aliphatic heterocycles. The fourth-order valence-corrected chi connectivity index (χ4v) is 3.79. The summed E-state index contributed by atoms with van der Waals surface area (Å²) in [6, 6.07) is 13.5. The van der Waals surface area contributed by atoms with Gasteiger partial charge in [-0.3, -0.25) is 0 Å². The highest BCUT2D eigenvalue weighted by Crippen LogP contribution is 2.32. The maximum Gasteiger partial charge on any atom is 0.162 e. The van der Waals surface area contributed by atoms with Crippen molar-refractivity contribution in [3.63, 3.8) is 0 Å². The van der Waals surface area contributed by atoms with Gasteiger partial charge in [-0.05, 0) is 31.2 Å². The minimum atomic E-state index is -0.552. The van der Waals surface area contributed by atoms with E-state index in [1.54, 1.807) is 4.68 Å². The first-order valence-electron chi connectivity index (χ1n) is 9.22. The Labute approximate surface area is 175 Å². The van der Waals surface area contributed by atoms with Gasteiger partial charge in [0.25, 0.3) is 0 Å². The number of nitrogens with zero attached hydrogens (tertiary/aromatic N) is 5. The smallest absolute Gasteiger partial charge is 0.162 e. The van der Waals surface area contributed by atoms with Crippen molar-refractivity contribution in [1.29, 1.82) is 0 Å². The van der Waals surface area contributed by atoms with Crippen molar-refractivity contribution in [1.82, 2.24) is 24.7 Å². The van der Waals surface area contributed by atoms with Crippen LogP contribution in [0, 0.1) is 12.7 Å². The molecule has 0 aliphatic carbocycles. The highest BCUT2D eigenvalue weighted by Gasteiger charge is 2.18. The fraction of sp³-hybridized carbons (Fsp3) is 0.0909.